The van der Waals surface area contributed by atoms with Crippen LogP contribution in [0.15, 0.2) is 35.2 Å². The van der Waals surface area contributed by atoms with Crippen molar-refractivity contribution >= 4 is 30.1 Å². The van der Waals surface area contributed by atoms with Crippen molar-refractivity contribution in [3.05, 3.63) is 30.3 Å². The van der Waals surface area contributed by atoms with E-state index in [0.717, 1.165) is 24.5 Å². The van der Waals surface area contributed by atoms with E-state index in [1.807, 2.05) is 30.3 Å². The summed E-state index contributed by atoms with van der Waals surface area (Å²) in [7, 11) is 0. The highest BCUT2D eigenvalue weighted by molar-refractivity contribution is 8.00. The maximum absolute atomic E-state index is 11.6. The Bertz CT molecular complexity index is 355. The summed E-state index contributed by atoms with van der Waals surface area (Å²) in [6.45, 7) is 2.92. The largest absolute Gasteiger partial charge is 0.355 e. The molecule has 3 nitrogen and oxygen atoms in total. The van der Waals surface area contributed by atoms with E-state index in [2.05, 4.69) is 10.6 Å². The number of hydrogen-bond donors (Lipinski definition) is 2. The molecule has 18 heavy (non-hydrogen) atoms. The van der Waals surface area contributed by atoms with E-state index in [9.17, 15) is 4.79 Å². The summed E-state index contributed by atoms with van der Waals surface area (Å²) in [6, 6.07) is 10.0. The molecule has 2 rings (SSSR count). The lowest BCUT2D eigenvalue weighted by Crippen LogP contribution is -2.31. The minimum atomic E-state index is 0. The van der Waals surface area contributed by atoms with Crippen molar-refractivity contribution in [2.24, 2.45) is 5.92 Å². The fourth-order valence-corrected chi connectivity index (χ4v) is 2.61. The number of nitrogens with one attached hydrogen (secondary N) is 2. The van der Waals surface area contributed by atoms with E-state index in [-0.39, 0.29) is 18.3 Å². The molecule has 2 N–H and O–H groups in total. The summed E-state index contributed by atoms with van der Waals surface area (Å²) in [5.41, 5.74) is 0. The fourth-order valence-electron chi connectivity index (χ4n) is 1.86. The minimum Gasteiger partial charge on any atom is -0.355 e. The average Bonchev–Trinajstić information content (AvgIpc) is 2.88. The Morgan fingerprint density at radius 2 is 2.17 bits per heavy atom. The number of halogens is 1. The second-order valence-corrected chi connectivity index (χ2v) is 5.31. The van der Waals surface area contributed by atoms with Gasteiger partial charge in [-0.15, -0.1) is 24.2 Å². The van der Waals surface area contributed by atoms with Crippen LogP contribution >= 0.6 is 24.2 Å². The Morgan fingerprint density at radius 3 is 2.83 bits per heavy atom. The van der Waals surface area contributed by atoms with Crippen LogP contribution in [0, 0.1) is 5.92 Å². The van der Waals surface area contributed by atoms with Gasteiger partial charge in [-0.05, 0) is 37.6 Å². The first-order chi connectivity index (χ1) is 8.34. The molecule has 1 amide bonds. The number of amides is 1. The van der Waals surface area contributed by atoms with E-state index < -0.39 is 0 Å². The topological polar surface area (TPSA) is 41.1 Å². The highest BCUT2D eigenvalue weighted by Gasteiger charge is 2.14. The van der Waals surface area contributed by atoms with Gasteiger partial charge in [0.2, 0.25) is 5.91 Å². The Hall–Kier alpha value is -0.710. The molecule has 1 unspecified atom stereocenters. The lowest BCUT2D eigenvalue weighted by molar-refractivity contribution is -0.118. The zero-order valence-electron chi connectivity index (χ0n) is 10.2. The van der Waals surface area contributed by atoms with Crippen LogP contribution < -0.4 is 10.6 Å². The van der Waals surface area contributed by atoms with Gasteiger partial charge in [-0.3, -0.25) is 4.79 Å². The van der Waals surface area contributed by atoms with Gasteiger partial charge in [0.25, 0.3) is 0 Å². The average molecular weight is 287 g/mol. The smallest absolute Gasteiger partial charge is 0.230 e. The Balaban J connectivity index is 0.00000162. The second-order valence-electron chi connectivity index (χ2n) is 4.26. The molecule has 100 valence electrons. The molecule has 1 aliphatic rings. The maximum atomic E-state index is 11.6. The van der Waals surface area contributed by atoms with Gasteiger partial charge >= 0.3 is 0 Å². The summed E-state index contributed by atoms with van der Waals surface area (Å²) in [6.07, 6.45) is 1.17. The van der Waals surface area contributed by atoms with Gasteiger partial charge in [0.05, 0.1) is 5.75 Å². The van der Waals surface area contributed by atoms with Crippen LogP contribution in [0.25, 0.3) is 0 Å². The van der Waals surface area contributed by atoms with Crippen LogP contribution in [0.5, 0.6) is 0 Å². The van der Waals surface area contributed by atoms with Crippen LogP contribution in [-0.4, -0.2) is 31.3 Å². The highest BCUT2D eigenvalue weighted by Crippen LogP contribution is 2.16. The number of carbonyl (C=O) groups excluding carboxylic acids is 1. The van der Waals surface area contributed by atoms with Crippen molar-refractivity contribution in [2.75, 3.05) is 25.4 Å². The third-order valence-electron chi connectivity index (χ3n) is 2.86. The quantitative estimate of drug-likeness (QED) is 0.813. The molecule has 0 bridgehead atoms. The van der Waals surface area contributed by atoms with Gasteiger partial charge in [0.1, 0.15) is 0 Å². The minimum absolute atomic E-state index is 0. The number of hydrogen-bond acceptors (Lipinski definition) is 3. The van der Waals surface area contributed by atoms with Gasteiger partial charge in [0, 0.05) is 11.4 Å². The lowest BCUT2D eigenvalue weighted by Gasteiger charge is -2.09. The summed E-state index contributed by atoms with van der Waals surface area (Å²) < 4.78 is 0. The van der Waals surface area contributed by atoms with Crippen LogP contribution in [0.1, 0.15) is 6.42 Å². The zero-order valence-corrected chi connectivity index (χ0v) is 11.9. The standard InChI is InChI=1S/C13H18N2OS.ClH/c16-13(15-9-11-6-7-14-8-11)10-17-12-4-2-1-3-5-12;/h1-5,11,14H,6-10H2,(H,15,16);1H. The predicted molar refractivity (Wildman–Crippen MR) is 78.4 cm³/mol. The Morgan fingerprint density at radius 1 is 1.39 bits per heavy atom. The van der Waals surface area contributed by atoms with Gasteiger partial charge in [0.15, 0.2) is 0 Å². The van der Waals surface area contributed by atoms with Crippen molar-refractivity contribution in [1.82, 2.24) is 10.6 Å². The molecular formula is C13H19ClN2OS. The van der Waals surface area contributed by atoms with E-state index in [1.54, 1.807) is 11.8 Å². The third-order valence-corrected chi connectivity index (χ3v) is 3.88. The SMILES string of the molecule is Cl.O=C(CSc1ccccc1)NCC1CCNC1. The van der Waals surface area contributed by atoms with E-state index in [4.69, 9.17) is 0 Å². The maximum Gasteiger partial charge on any atom is 0.230 e. The summed E-state index contributed by atoms with van der Waals surface area (Å²) in [5, 5.41) is 6.29. The van der Waals surface area contributed by atoms with Crippen molar-refractivity contribution in [3.63, 3.8) is 0 Å². The summed E-state index contributed by atoms with van der Waals surface area (Å²) in [5.74, 6) is 1.25. The van der Waals surface area contributed by atoms with Crippen LogP contribution in [0.3, 0.4) is 0 Å². The van der Waals surface area contributed by atoms with Gasteiger partial charge < -0.3 is 10.6 Å². The Kier molecular flexibility index (Phi) is 7.16. The molecule has 1 aliphatic heterocycles. The molecule has 0 aliphatic carbocycles. The summed E-state index contributed by atoms with van der Waals surface area (Å²) in [4.78, 5) is 12.8. The van der Waals surface area contributed by atoms with E-state index >= 15 is 0 Å². The van der Waals surface area contributed by atoms with Crippen molar-refractivity contribution in [3.8, 4) is 0 Å². The molecule has 1 atom stereocenters. The van der Waals surface area contributed by atoms with E-state index in [1.165, 1.54) is 6.42 Å². The molecule has 0 radical (unpaired) electrons. The first kappa shape index (κ1) is 15.3. The lowest BCUT2D eigenvalue weighted by atomic mass is 10.1. The Labute approximate surface area is 119 Å². The second kappa shape index (κ2) is 8.40. The summed E-state index contributed by atoms with van der Waals surface area (Å²) >= 11 is 1.58. The van der Waals surface area contributed by atoms with Crippen LogP contribution in [0.2, 0.25) is 0 Å². The van der Waals surface area contributed by atoms with Crippen molar-refractivity contribution in [1.29, 1.82) is 0 Å². The number of benzene rings is 1. The molecule has 1 heterocycles. The van der Waals surface area contributed by atoms with Crippen LogP contribution in [0.4, 0.5) is 0 Å². The fraction of sp³-hybridized carbons (Fsp3) is 0.462. The molecular weight excluding hydrogens is 268 g/mol. The first-order valence-electron chi connectivity index (χ1n) is 6.00. The molecule has 1 fully saturated rings. The predicted octanol–water partition coefficient (Wildman–Crippen LogP) is 1.93. The molecule has 1 aromatic rings. The van der Waals surface area contributed by atoms with Gasteiger partial charge in [-0.2, -0.15) is 0 Å². The molecule has 0 spiro atoms. The third kappa shape index (κ3) is 5.29. The molecule has 5 heteroatoms. The molecule has 0 saturated carbocycles. The number of rotatable bonds is 5. The highest BCUT2D eigenvalue weighted by atomic mass is 35.5. The first-order valence-corrected chi connectivity index (χ1v) is 6.98. The van der Waals surface area contributed by atoms with Crippen molar-refractivity contribution < 1.29 is 4.79 Å². The van der Waals surface area contributed by atoms with Crippen molar-refractivity contribution in [2.45, 2.75) is 11.3 Å². The molecule has 1 aromatic carbocycles. The van der Waals surface area contributed by atoms with Gasteiger partial charge in [-0.1, -0.05) is 18.2 Å². The normalized spacial score (nSPS) is 18.1. The van der Waals surface area contributed by atoms with Crippen LogP contribution in [-0.2, 0) is 4.79 Å². The number of thioether (sulfide) groups is 1. The number of carbonyl (C=O) groups is 1. The monoisotopic (exact) mass is 286 g/mol. The molecule has 1 saturated heterocycles. The molecule has 0 aromatic heterocycles. The van der Waals surface area contributed by atoms with Gasteiger partial charge in [-0.25, -0.2) is 0 Å². The van der Waals surface area contributed by atoms with E-state index in [0.29, 0.717) is 11.7 Å². The zero-order chi connectivity index (χ0) is 11.9.